The second-order valence-electron chi connectivity index (χ2n) is 4.88. The second kappa shape index (κ2) is 7.01. The molecule has 2 heterocycles. The molecule has 0 amide bonds. The van der Waals surface area contributed by atoms with Crippen LogP contribution in [0.25, 0.3) is 0 Å². The summed E-state index contributed by atoms with van der Waals surface area (Å²) in [5.74, 6) is 1.04. The summed E-state index contributed by atoms with van der Waals surface area (Å²) in [5, 5.41) is 3.33. The Kier molecular flexibility index (Phi) is 5.07. The molecule has 1 aliphatic rings. The summed E-state index contributed by atoms with van der Waals surface area (Å²) in [7, 11) is 0. The molecule has 0 saturated carbocycles. The van der Waals surface area contributed by atoms with E-state index in [1.165, 1.54) is 0 Å². The van der Waals surface area contributed by atoms with Crippen molar-refractivity contribution in [3.63, 3.8) is 0 Å². The Hall–Kier alpha value is -1.94. The van der Waals surface area contributed by atoms with Gasteiger partial charge in [0.05, 0.1) is 0 Å². The molecule has 1 unspecified atom stereocenters. The molecule has 2 rings (SSSR count). The van der Waals surface area contributed by atoms with E-state index in [0.29, 0.717) is 0 Å². The maximum atomic E-state index is 4.50. The zero-order valence-electron chi connectivity index (χ0n) is 12.0. The van der Waals surface area contributed by atoms with Gasteiger partial charge in [-0.3, -0.25) is 0 Å². The van der Waals surface area contributed by atoms with Gasteiger partial charge in [-0.25, -0.2) is 9.97 Å². The maximum Gasteiger partial charge on any atom is 0.225 e. The van der Waals surface area contributed by atoms with Gasteiger partial charge in [-0.1, -0.05) is 38.3 Å². The number of rotatable bonds is 5. The summed E-state index contributed by atoms with van der Waals surface area (Å²) < 4.78 is 0. The van der Waals surface area contributed by atoms with Gasteiger partial charge in [0.25, 0.3) is 0 Å². The number of nitrogens with zero attached hydrogens (tertiary/aromatic N) is 3. The zero-order chi connectivity index (χ0) is 14.4. The molecule has 0 aromatic carbocycles. The van der Waals surface area contributed by atoms with Gasteiger partial charge < -0.3 is 10.2 Å². The lowest BCUT2D eigenvalue weighted by atomic mass is 9.95. The predicted molar refractivity (Wildman–Crippen MR) is 84.0 cm³/mol. The molecule has 1 saturated heterocycles. The van der Waals surface area contributed by atoms with Gasteiger partial charge in [-0.05, 0) is 11.1 Å². The molecule has 1 aliphatic heterocycles. The molecule has 0 radical (unpaired) electrons. The summed E-state index contributed by atoms with van der Waals surface area (Å²) in [4.78, 5) is 11.2. The fraction of sp³-hybridized carbons (Fsp3) is 0.375. The Bertz CT molecular complexity index is 484. The van der Waals surface area contributed by atoms with Gasteiger partial charge in [-0.15, -0.1) is 0 Å². The number of piperazine rings is 1. The molecule has 20 heavy (non-hydrogen) atoms. The van der Waals surface area contributed by atoms with Gasteiger partial charge in [0.2, 0.25) is 5.95 Å². The van der Waals surface area contributed by atoms with Crippen molar-refractivity contribution in [2.75, 3.05) is 31.1 Å². The molecule has 0 bridgehead atoms. The van der Waals surface area contributed by atoms with Gasteiger partial charge >= 0.3 is 0 Å². The van der Waals surface area contributed by atoms with Crippen LogP contribution in [0.5, 0.6) is 0 Å². The molecule has 1 fully saturated rings. The van der Waals surface area contributed by atoms with Gasteiger partial charge in [0, 0.05) is 44.5 Å². The molecular formula is C16H22N4. The fourth-order valence-corrected chi connectivity index (χ4v) is 2.30. The molecule has 1 aromatic heterocycles. The summed E-state index contributed by atoms with van der Waals surface area (Å²) in [6, 6.07) is 0. The van der Waals surface area contributed by atoms with E-state index in [-0.39, 0.29) is 5.92 Å². The number of aromatic nitrogens is 2. The molecule has 1 atom stereocenters. The minimum atomic E-state index is 0.225. The number of hydrogen-bond donors (Lipinski definition) is 1. The number of hydrogen-bond acceptors (Lipinski definition) is 4. The number of nitrogens with one attached hydrogen (secondary N) is 1. The quantitative estimate of drug-likeness (QED) is 0.834. The van der Waals surface area contributed by atoms with Crippen molar-refractivity contribution >= 4 is 5.95 Å². The lowest BCUT2D eigenvalue weighted by Crippen LogP contribution is -2.44. The van der Waals surface area contributed by atoms with E-state index in [1.54, 1.807) is 6.08 Å². The molecule has 106 valence electrons. The first kappa shape index (κ1) is 14.5. The Morgan fingerprint density at radius 3 is 2.50 bits per heavy atom. The monoisotopic (exact) mass is 270 g/mol. The first-order chi connectivity index (χ1) is 9.76. The van der Waals surface area contributed by atoms with Gasteiger partial charge in [0.15, 0.2) is 0 Å². The summed E-state index contributed by atoms with van der Waals surface area (Å²) in [5.41, 5.74) is 2.22. The topological polar surface area (TPSA) is 41.1 Å². The second-order valence-corrected chi connectivity index (χ2v) is 4.88. The number of allylic oxidation sites excluding steroid dienone is 4. The van der Waals surface area contributed by atoms with Crippen LogP contribution < -0.4 is 10.2 Å². The Labute approximate surface area is 120 Å². The molecule has 0 spiro atoms. The lowest BCUT2D eigenvalue weighted by Gasteiger charge is -2.27. The minimum absolute atomic E-state index is 0.225. The van der Waals surface area contributed by atoms with E-state index in [0.717, 1.165) is 43.3 Å². The third kappa shape index (κ3) is 3.33. The van der Waals surface area contributed by atoms with E-state index in [9.17, 15) is 0 Å². The molecule has 0 aliphatic carbocycles. The normalized spacial score (nSPS) is 17.6. The molecule has 1 N–H and O–H groups in total. The van der Waals surface area contributed by atoms with E-state index in [4.69, 9.17) is 0 Å². The van der Waals surface area contributed by atoms with Crippen LogP contribution in [0.1, 0.15) is 18.4 Å². The molecule has 1 aromatic rings. The van der Waals surface area contributed by atoms with Crippen molar-refractivity contribution < 1.29 is 0 Å². The van der Waals surface area contributed by atoms with Crippen molar-refractivity contribution in [3.05, 3.63) is 54.9 Å². The Morgan fingerprint density at radius 1 is 1.30 bits per heavy atom. The van der Waals surface area contributed by atoms with Crippen LogP contribution in [0.2, 0.25) is 0 Å². The van der Waals surface area contributed by atoms with E-state index >= 15 is 0 Å². The first-order valence-corrected chi connectivity index (χ1v) is 6.99. The minimum Gasteiger partial charge on any atom is -0.338 e. The zero-order valence-corrected chi connectivity index (χ0v) is 12.0. The molecule has 4 heteroatoms. The van der Waals surface area contributed by atoms with Crippen LogP contribution in [0.15, 0.2) is 49.4 Å². The van der Waals surface area contributed by atoms with Crippen molar-refractivity contribution in [1.82, 2.24) is 15.3 Å². The summed E-state index contributed by atoms with van der Waals surface area (Å²) >= 11 is 0. The van der Waals surface area contributed by atoms with Crippen LogP contribution in [0.4, 0.5) is 5.95 Å². The SMILES string of the molecule is C=C/C=C(\C=C)C(C)c1cnc(N2CCNCC2)nc1. The molecule has 4 nitrogen and oxygen atoms in total. The third-order valence-corrected chi connectivity index (χ3v) is 3.60. The van der Waals surface area contributed by atoms with Crippen LogP contribution in [-0.4, -0.2) is 36.1 Å². The third-order valence-electron chi connectivity index (χ3n) is 3.60. The van der Waals surface area contributed by atoms with E-state index in [2.05, 4.69) is 40.3 Å². The highest BCUT2D eigenvalue weighted by Gasteiger charge is 2.14. The highest BCUT2D eigenvalue weighted by molar-refractivity contribution is 5.36. The van der Waals surface area contributed by atoms with Crippen molar-refractivity contribution in [3.8, 4) is 0 Å². The van der Waals surface area contributed by atoms with Crippen LogP contribution in [0.3, 0.4) is 0 Å². The van der Waals surface area contributed by atoms with Gasteiger partial charge in [-0.2, -0.15) is 0 Å². The highest BCUT2D eigenvalue weighted by atomic mass is 15.3. The highest BCUT2D eigenvalue weighted by Crippen LogP contribution is 2.24. The maximum absolute atomic E-state index is 4.50. The average molecular weight is 270 g/mol. The Morgan fingerprint density at radius 2 is 1.95 bits per heavy atom. The largest absolute Gasteiger partial charge is 0.338 e. The van der Waals surface area contributed by atoms with E-state index in [1.807, 2.05) is 24.5 Å². The number of anilines is 1. The first-order valence-electron chi connectivity index (χ1n) is 6.99. The average Bonchev–Trinajstić information content (AvgIpc) is 2.53. The predicted octanol–water partition coefficient (Wildman–Crippen LogP) is 2.29. The summed E-state index contributed by atoms with van der Waals surface area (Å²) in [6.45, 7) is 13.6. The fourth-order valence-electron chi connectivity index (χ4n) is 2.30. The van der Waals surface area contributed by atoms with Crippen LogP contribution in [-0.2, 0) is 0 Å². The van der Waals surface area contributed by atoms with Crippen molar-refractivity contribution in [1.29, 1.82) is 0 Å². The van der Waals surface area contributed by atoms with Crippen molar-refractivity contribution in [2.45, 2.75) is 12.8 Å². The Balaban J connectivity index is 2.12. The lowest BCUT2D eigenvalue weighted by molar-refractivity contribution is 0.579. The van der Waals surface area contributed by atoms with Crippen LogP contribution >= 0.6 is 0 Å². The standard InChI is InChI=1S/C16H22N4/c1-4-6-14(5-2)13(3)15-11-18-16(19-12-15)20-9-7-17-8-10-20/h4-6,11-13,17H,1-2,7-10H2,3H3/b14-6+. The van der Waals surface area contributed by atoms with Crippen molar-refractivity contribution in [2.24, 2.45) is 0 Å². The van der Waals surface area contributed by atoms with Gasteiger partial charge in [0.1, 0.15) is 0 Å². The summed E-state index contributed by atoms with van der Waals surface area (Å²) in [6.07, 6.45) is 9.44. The smallest absolute Gasteiger partial charge is 0.225 e. The molecular weight excluding hydrogens is 248 g/mol. The van der Waals surface area contributed by atoms with E-state index < -0.39 is 0 Å². The van der Waals surface area contributed by atoms with Crippen LogP contribution in [0, 0.1) is 0 Å².